The zero-order valence-electron chi connectivity index (χ0n) is 8.46. The van der Waals surface area contributed by atoms with Crippen molar-refractivity contribution in [3.8, 4) is 0 Å². The highest BCUT2D eigenvalue weighted by Crippen LogP contribution is 2.28. The number of benzene rings is 1. The van der Waals surface area contributed by atoms with Crippen molar-refractivity contribution in [3.63, 3.8) is 0 Å². The normalized spacial score (nSPS) is 9.94. The molecule has 0 unspecified atom stereocenters. The van der Waals surface area contributed by atoms with Gasteiger partial charge in [0.2, 0.25) is 0 Å². The predicted octanol–water partition coefficient (Wildman–Crippen LogP) is 2.09. The van der Waals surface area contributed by atoms with Gasteiger partial charge in [-0.2, -0.15) is 0 Å². The van der Waals surface area contributed by atoms with Gasteiger partial charge in [-0.3, -0.25) is 20.2 Å². The Hall–Kier alpha value is -1.93. The number of hydrogen-bond donors (Lipinski definition) is 1. The van der Waals surface area contributed by atoms with E-state index in [2.05, 4.69) is 5.32 Å². The van der Waals surface area contributed by atoms with Crippen molar-refractivity contribution in [3.05, 3.63) is 38.4 Å². The summed E-state index contributed by atoms with van der Waals surface area (Å²) in [7, 11) is 0. The van der Waals surface area contributed by atoms with E-state index < -0.39 is 15.5 Å². The number of nitrogens with zero attached hydrogens (tertiary/aromatic N) is 2. The number of hydrogen-bond acceptors (Lipinski definition) is 6. The lowest BCUT2D eigenvalue weighted by molar-refractivity contribution is -0.393. The number of non-ortho nitro benzene ring substituents is 1. The van der Waals surface area contributed by atoms with Gasteiger partial charge in [0.1, 0.15) is 18.5 Å². The van der Waals surface area contributed by atoms with Crippen LogP contribution in [0.1, 0.15) is 0 Å². The molecule has 0 heterocycles. The Morgan fingerprint density at radius 3 is 2.53 bits per heavy atom. The molecule has 0 aliphatic carbocycles. The molecule has 0 saturated carbocycles. The van der Waals surface area contributed by atoms with Crippen LogP contribution in [0.2, 0.25) is 0 Å². The third-order valence-electron chi connectivity index (χ3n) is 1.83. The molecule has 1 N–H and O–H groups in total. The van der Waals surface area contributed by atoms with Gasteiger partial charge >= 0.3 is 0 Å². The van der Waals surface area contributed by atoms with Gasteiger partial charge in [-0.15, -0.1) is 0 Å². The van der Waals surface area contributed by atoms with E-state index >= 15 is 0 Å². The third-order valence-corrected chi connectivity index (χ3v) is 1.98. The van der Waals surface area contributed by atoms with Gasteiger partial charge in [0.05, 0.1) is 15.9 Å². The number of ether oxygens (including phenoxy) is 1. The minimum atomic E-state index is -0.712. The van der Waals surface area contributed by atoms with Crippen molar-refractivity contribution in [2.45, 2.75) is 0 Å². The molecule has 0 saturated heterocycles. The van der Waals surface area contributed by atoms with Gasteiger partial charge in [0, 0.05) is 6.07 Å². The molecule has 17 heavy (non-hydrogen) atoms. The predicted molar refractivity (Wildman–Crippen MR) is 60.0 cm³/mol. The topological polar surface area (TPSA) is 108 Å². The van der Waals surface area contributed by atoms with E-state index in [0.717, 1.165) is 12.1 Å². The maximum absolute atomic E-state index is 10.7. The molecule has 0 bridgehead atoms. The Balaban J connectivity index is 2.96. The Morgan fingerprint density at radius 2 is 2.00 bits per heavy atom. The first-order valence-electron chi connectivity index (χ1n) is 4.36. The summed E-state index contributed by atoms with van der Waals surface area (Å²) in [6, 6.07) is 3.22. The number of rotatable bonds is 6. The summed E-state index contributed by atoms with van der Waals surface area (Å²) < 4.78 is 4.75. The summed E-state index contributed by atoms with van der Waals surface area (Å²) in [5.41, 5.74) is -0.608. The van der Waals surface area contributed by atoms with E-state index in [-0.39, 0.29) is 24.2 Å². The number of nitro benzene ring substituents is 2. The Labute approximate surface area is 100 Å². The molecule has 1 rings (SSSR count). The van der Waals surface area contributed by atoms with Crippen LogP contribution in [0.15, 0.2) is 18.2 Å². The van der Waals surface area contributed by atoms with Crippen LogP contribution >= 0.6 is 11.6 Å². The lowest BCUT2D eigenvalue weighted by atomic mass is 10.2. The average molecular weight is 262 g/mol. The van der Waals surface area contributed by atoms with Crippen molar-refractivity contribution < 1.29 is 14.6 Å². The summed E-state index contributed by atoms with van der Waals surface area (Å²) >= 11 is 5.25. The van der Waals surface area contributed by atoms with Crippen molar-refractivity contribution in [1.29, 1.82) is 0 Å². The quantitative estimate of drug-likeness (QED) is 0.276. The molecule has 0 spiro atoms. The highest BCUT2D eigenvalue weighted by Gasteiger charge is 2.18. The van der Waals surface area contributed by atoms with E-state index in [1.165, 1.54) is 6.07 Å². The lowest BCUT2D eigenvalue weighted by Crippen LogP contribution is -2.07. The first-order valence-corrected chi connectivity index (χ1v) is 4.90. The van der Waals surface area contributed by atoms with Crippen LogP contribution in [-0.2, 0) is 4.74 Å². The molecule has 0 amide bonds. The first-order chi connectivity index (χ1) is 8.06. The average Bonchev–Trinajstić information content (AvgIpc) is 2.29. The number of nitrogens with one attached hydrogen (secondary N) is 1. The van der Waals surface area contributed by atoms with Crippen LogP contribution in [-0.4, -0.2) is 22.6 Å². The molecule has 0 radical (unpaired) electrons. The van der Waals surface area contributed by atoms with E-state index in [9.17, 15) is 20.2 Å². The molecule has 0 aliphatic heterocycles. The number of anilines is 1. The second-order valence-corrected chi connectivity index (χ2v) is 3.07. The SMILES string of the molecule is O=[N+]([O-])c1ccc(NCOCCl)c([N+](=O)[O-])c1. The molecule has 1 aromatic rings. The van der Waals surface area contributed by atoms with Crippen molar-refractivity contribution in [1.82, 2.24) is 0 Å². The van der Waals surface area contributed by atoms with Crippen LogP contribution in [0.4, 0.5) is 17.1 Å². The van der Waals surface area contributed by atoms with Gasteiger partial charge in [-0.05, 0) is 6.07 Å². The lowest BCUT2D eigenvalue weighted by Gasteiger charge is -2.05. The number of halogens is 1. The van der Waals surface area contributed by atoms with Crippen molar-refractivity contribution in [2.75, 3.05) is 18.1 Å². The van der Waals surface area contributed by atoms with Crippen LogP contribution in [0, 0.1) is 20.2 Å². The Bertz CT molecular complexity index is 439. The molecular formula is C8H8ClN3O5. The maximum Gasteiger partial charge on any atom is 0.299 e. The summed E-state index contributed by atoms with van der Waals surface area (Å²) in [6.45, 7) is -0.0256. The molecular weight excluding hydrogens is 254 g/mol. The zero-order chi connectivity index (χ0) is 12.8. The van der Waals surface area contributed by atoms with Gasteiger partial charge in [-0.1, -0.05) is 11.6 Å². The van der Waals surface area contributed by atoms with Crippen molar-refractivity contribution >= 4 is 28.7 Å². The fraction of sp³-hybridized carbons (Fsp3) is 0.250. The molecule has 0 aromatic heterocycles. The minimum absolute atomic E-state index is 0.0256. The molecule has 0 fully saturated rings. The summed E-state index contributed by atoms with van der Waals surface area (Å²) in [5.74, 6) is 0. The monoisotopic (exact) mass is 261 g/mol. The van der Waals surface area contributed by atoms with E-state index in [0.29, 0.717) is 0 Å². The second kappa shape index (κ2) is 5.97. The Kier molecular flexibility index (Phi) is 4.61. The van der Waals surface area contributed by atoms with Crippen molar-refractivity contribution in [2.24, 2.45) is 0 Å². The molecule has 8 nitrogen and oxygen atoms in total. The van der Waals surface area contributed by atoms with Crippen LogP contribution in [0.3, 0.4) is 0 Å². The zero-order valence-corrected chi connectivity index (χ0v) is 9.22. The van der Waals surface area contributed by atoms with Crippen LogP contribution in [0.5, 0.6) is 0 Å². The fourth-order valence-corrected chi connectivity index (χ4v) is 1.18. The van der Waals surface area contributed by atoms with Crippen LogP contribution in [0.25, 0.3) is 0 Å². The molecule has 0 aliphatic rings. The van der Waals surface area contributed by atoms with Gasteiger partial charge in [0.15, 0.2) is 0 Å². The molecule has 1 aromatic carbocycles. The smallest absolute Gasteiger partial charge is 0.299 e. The highest BCUT2D eigenvalue weighted by atomic mass is 35.5. The number of nitro groups is 2. The maximum atomic E-state index is 10.7. The summed E-state index contributed by atoms with van der Waals surface area (Å²) in [4.78, 5) is 19.8. The van der Waals surface area contributed by atoms with E-state index in [4.69, 9.17) is 16.3 Å². The molecule has 92 valence electrons. The highest BCUT2D eigenvalue weighted by molar-refractivity contribution is 6.17. The van der Waals surface area contributed by atoms with Crippen LogP contribution < -0.4 is 5.32 Å². The fourth-order valence-electron chi connectivity index (χ4n) is 1.10. The second-order valence-electron chi connectivity index (χ2n) is 2.85. The summed E-state index contributed by atoms with van der Waals surface area (Å²) in [6.07, 6.45) is 0. The summed E-state index contributed by atoms with van der Waals surface area (Å²) in [5, 5.41) is 23.8. The van der Waals surface area contributed by atoms with Gasteiger partial charge in [-0.25, -0.2) is 0 Å². The number of alkyl halides is 1. The standard InChI is InChI=1S/C8H8ClN3O5/c9-4-17-5-10-7-2-1-6(11(13)14)3-8(7)12(15)16/h1-3,10H,4-5H2. The van der Waals surface area contributed by atoms with Gasteiger partial charge in [0.25, 0.3) is 11.4 Å². The Morgan fingerprint density at radius 1 is 1.29 bits per heavy atom. The minimum Gasteiger partial charge on any atom is -0.357 e. The molecule has 9 heteroatoms. The van der Waals surface area contributed by atoms with E-state index in [1.54, 1.807) is 0 Å². The largest absolute Gasteiger partial charge is 0.357 e. The van der Waals surface area contributed by atoms with Gasteiger partial charge < -0.3 is 10.1 Å². The molecule has 0 atom stereocenters. The third kappa shape index (κ3) is 3.54. The van der Waals surface area contributed by atoms with E-state index in [1.807, 2.05) is 0 Å². The first kappa shape index (κ1) is 13.1.